The minimum absolute atomic E-state index is 0.0964. The van der Waals surface area contributed by atoms with Gasteiger partial charge in [0.05, 0.1) is 30.2 Å². The van der Waals surface area contributed by atoms with E-state index >= 15 is 0 Å². The molecule has 30 heavy (non-hydrogen) atoms. The Kier molecular flexibility index (Phi) is 5.51. The molecule has 3 aromatic rings. The second kappa shape index (κ2) is 8.25. The van der Waals surface area contributed by atoms with Crippen molar-refractivity contribution in [2.75, 3.05) is 16.9 Å². The fourth-order valence-corrected chi connectivity index (χ4v) is 4.73. The smallest absolute Gasteiger partial charge is 0.248 e. The maximum Gasteiger partial charge on any atom is 0.248 e. The van der Waals surface area contributed by atoms with Crippen LogP contribution in [0.4, 0.5) is 5.69 Å². The Morgan fingerprint density at radius 3 is 2.73 bits per heavy atom. The Bertz CT molecular complexity index is 1160. The number of carbonyl (C=O) groups is 2. The lowest BCUT2D eigenvalue weighted by Crippen LogP contribution is -2.45. The summed E-state index contributed by atoms with van der Waals surface area (Å²) in [4.78, 5) is 27.4. The lowest BCUT2D eigenvalue weighted by atomic mass is 10.0. The van der Waals surface area contributed by atoms with Crippen molar-refractivity contribution in [1.29, 1.82) is 5.26 Å². The average Bonchev–Trinajstić information content (AvgIpc) is 3.39. The van der Waals surface area contributed by atoms with Crippen molar-refractivity contribution in [1.82, 2.24) is 4.90 Å². The summed E-state index contributed by atoms with van der Waals surface area (Å²) in [5.41, 5.74) is 4.99. The van der Waals surface area contributed by atoms with E-state index in [1.54, 1.807) is 47.2 Å². The van der Waals surface area contributed by atoms with Crippen LogP contribution < -0.4 is 5.32 Å². The largest absolute Gasteiger partial charge is 0.464 e. The molecule has 2 amide bonds. The molecule has 1 fully saturated rings. The standard InChI is InChI=1S/C23H21N3O3S/c1-14-3-8-19-17(11-29-22(19)15(14)2)9-21(27)26-13-30-12-20(26)23(28)25-18-6-4-16(10-24)5-7-18/h3-8,11,20H,9,12-13H2,1-2H3,(H,25,28). The summed E-state index contributed by atoms with van der Waals surface area (Å²) in [7, 11) is 0. The average molecular weight is 420 g/mol. The van der Waals surface area contributed by atoms with E-state index in [2.05, 4.69) is 5.32 Å². The van der Waals surface area contributed by atoms with Gasteiger partial charge in [-0.15, -0.1) is 11.8 Å². The fraction of sp³-hybridized carbons (Fsp3) is 0.261. The van der Waals surface area contributed by atoms with Crippen molar-refractivity contribution >= 4 is 40.2 Å². The van der Waals surface area contributed by atoms with E-state index in [0.29, 0.717) is 22.9 Å². The molecule has 4 rings (SSSR count). The van der Waals surface area contributed by atoms with Gasteiger partial charge < -0.3 is 14.6 Å². The SMILES string of the molecule is Cc1ccc2c(CC(=O)N3CSCC3C(=O)Nc3ccc(C#N)cc3)coc2c1C. The van der Waals surface area contributed by atoms with Crippen molar-refractivity contribution in [3.8, 4) is 6.07 Å². The number of carbonyl (C=O) groups excluding carboxylic acids is 2. The van der Waals surface area contributed by atoms with E-state index in [9.17, 15) is 9.59 Å². The highest BCUT2D eigenvalue weighted by molar-refractivity contribution is 7.99. The molecule has 6 nitrogen and oxygen atoms in total. The van der Waals surface area contributed by atoms with Crippen molar-refractivity contribution in [3.05, 3.63) is 64.9 Å². The highest BCUT2D eigenvalue weighted by Crippen LogP contribution is 2.29. The second-order valence-electron chi connectivity index (χ2n) is 7.38. The van der Waals surface area contributed by atoms with Crippen LogP contribution in [0.2, 0.25) is 0 Å². The van der Waals surface area contributed by atoms with Gasteiger partial charge in [0, 0.05) is 22.4 Å². The monoisotopic (exact) mass is 419 g/mol. The molecule has 1 unspecified atom stereocenters. The fourth-order valence-electron chi connectivity index (χ4n) is 3.55. The number of nitrogens with one attached hydrogen (secondary N) is 1. The number of hydrogen-bond acceptors (Lipinski definition) is 5. The van der Waals surface area contributed by atoms with Crippen LogP contribution in [-0.2, 0) is 16.0 Å². The number of furan rings is 1. The molecule has 152 valence electrons. The lowest BCUT2D eigenvalue weighted by molar-refractivity contribution is -0.135. The highest BCUT2D eigenvalue weighted by Gasteiger charge is 2.35. The van der Waals surface area contributed by atoms with Crippen molar-refractivity contribution in [3.63, 3.8) is 0 Å². The van der Waals surface area contributed by atoms with Gasteiger partial charge in [0.15, 0.2) is 0 Å². The maximum atomic E-state index is 13.0. The topological polar surface area (TPSA) is 86.3 Å². The van der Waals surface area contributed by atoms with E-state index in [4.69, 9.17) is 9.68 Å². The summed E-state index contributed by atoms with van der Waals surface area (Å²) in [6.07, 6.45) is 1.83. The Labute approximate surface area is 178 Å². The first-order chi connectivity index (χ1) is 14.5. The van der Waals surface area contributed by atoms with Crippen LogP contribution >= 0.6 is 11.8 Å². The van der Waals surface area contributed by atoms with Gasteiger partial charge in [-0.1, -0.05) is 12.1 Å². The minimum Gasteiger partial charge on any atom is -0.464 e. The van der Waals surface area contributed by atoms with Gasteiger partial charge in [0.1, 0.15) is 11.6 Å². The van der Waals surface area contributed by atoms with Gasteiger partial charge in [-0.25, -0.2) is 0 Å². The van der Waals surface area contributed by atoms with E-state index in [-0.39, 0.29) is 18.2 Å². The molecular weight excluding hydrogens is 398 g/mol. The van der Waals surface area contributed by atoms with Crippen LogP contribution in [0.1, 0.15) is 22.3 Å². The zero-order valence-corrected chi connectivity index (χ0v) is 17.6. The molecule has 0 spiro atoms. The Balaban J connectivity index is 1.47. The van der Waals surface area contributed by atoms with Crippen LogP contribution in [0.3, 0.4) is 0 Å². The summed E-state index contributed by atoms with van der Waals surface area (Å²) < 4.78 is 5.72. The van der Waals surface area contributed by atoms with E-state index in [0.717, 1.165) is 27.7 Å². The van der Waals surface area contributed by atoms with Crippen LogP contribution in [0.5, 0.6) is 0 Å². The quantitative estimate of drug-likeness (QED) is 0.691. The number of anilines is 1. The summed E-state index contributed by atoms with van der Waals surface area (Å²) in [6.45, 7) is 4.04. The first kappa shape index (κ1) is 20.0. The number of nitriles is 1. The molecule has 2 heterocycles. The summed E-state index contributed by atoms with van der Waals surface area (Å²) in [5, 5.41) is 12.7. The lowest BCUT2D eigenvalue weighted by Gasteiger charge is -2.23. The number of aryl methyl sites for hydroxylation is 2. The predicted octanol–water partition coefficient (Wildman–Crippen LogP) is 4.00. The van der Waals surface area contributed by atoms with Gasteiger partial charge >= 0.3 is 0 Å². The number of fused-ring (bicyclic) bond motifs is 1. The van der Waals surface area contributed by atoms with Gasteiger partial charge in [-0.05, 0) is 49.2 Å². The van der Waals surface area contributed by atoms with Crippen LogP contribution in [0.15, 0.2) is 47.1 Å². The van der Waals surface area contributed by atoms with Crippen molar-refractivity contribution in [2.24, 2.45) is 0 Å². The number of benzene rings is 2. The number of amides is 2. The molecule has 2 aromatic carbocycles. The van der Waals surface area contributed by atoms with Gasteiger partial charge in [-0.2, -0.15) is 5.26 Å². The Morgan fingerprint density at radius 2 is 2.00 bits per heavy atom. The molecule has 1 aromatic heterocycles. The summed E-state index contributed by atoms with van der Waals surface area (Å²) in [5.74, 6) is 0.721. The molecule has 1 atom stereocenters. The van der Waals surface area contributed by atoms with Gasteiger partial charge in [0.2, 0.25) is 11.8 Å². The maximum absolute atomic E-state index is 13.0. The number of thioether (sulfide) groups is 1. The van der Waals surface area contributed by atoms with E-state index < -0.39 is 6.04 Å². The predicted molar refractivity (Wildman–Crippen MR) is 117 cm³/mol. The van der Waals surface area contributed by atoms with E-state index in [1.165, 1.54) is 0 Å². The highest BCUT2D eigenvalue weighted by atomic mass is 32.2. The molecule has 0 radical (unpaired) electrons. The Hall–Kier alpha value is -3.24. The molecule has 0 bridgehead atoms. The third kappa shape index (κ3) is 3.79. The Morgan fingerprint density at radius 1 is 1.23 bits per heavy atom. The van der Waals surface area contributed by atoms with Crippen molar-refractivity contribution < 1.29 is 14.0 Å². The van der Waals surface area contributed by atoms with Gasteiger partial charge in [-0.3, -0.25) is 9.59 Å². The minimum atomic E-state index is -0.528. The normalized spacial score (nSPS) is 15.9. The summed E-state index contributed by atoms with van der Waals surface area (Å²) >= 11 is 1.56. The molecular formula is C23H21N3O3S. The molecule has 0 aliphatic carbocycles. The number of hydrogen-bond donors (Lipinski definition) is 1. The molecule has 1 N–H and O–H groups in total. The first-order valence-corrected chi connectivity index (χ1v) is 10.8. The van der Waals surface area contributed by atoms with Crippen molar-refractivity contribution in [2.45, 2.75) is 26.3 Å². The molecule has 0 saturated carbocycles. The third-order valence-electron chi connectivity index (χ3n) is 5.47. The second-order valence-corrected chi connectivity index (χ2v) is 8.38. The number of nitrogens with zero attached hydrogens (tertiary/aromatic N) is 2. The van der Waals surface area contributed by atoms with E-state index in [1.807, 2.05) is 32.0 Å². The van der Waals surface area contributed by atoms with Crippen LogP contribution in [-0.4, -0.2) is 34.4 Å². The molecule has 1 aliphatic rings. The third-order valence-corrected chi connectivity index (χ3v) is 6.48. The number of rotatable bonds is 4. The zero-order chi connectivity index (χ0) is 21.3. The molecule has 7 heteroatoms. The summed E-state index contributed by atoms with van der Waals surface area (Å²) in [6, 6.07) is 12.2. The first-order valence-electron chi connectivity index (χ1n) is 9.62. The van der Waals surface area contributed by atoms with Crippen LogP contribution in [0.25, 0.3) is 11.0 Å². The molecule has 1 aliphatic heterocycles. The van der Waals surface area contributed by atoms with Gasteiger partial charge in [0.25, 0.3) is 0 Å². The molecule has 1 saturated heterocycles. The van der Waals surface area contributed by atoms with Crippen LogP contribution in [0, 0.1) is 25.2 Å². The zero-order valence-electron chi connectivity index (χ0n) is 16.8.